The smallest absolute Gasteiger partial charge is 0.100 e. The number of pyridine rings is 1. The average molecular weight is 411 g/mol. The number of likely N-dealkylation sites (tertiary alicyclic amines) is 1. The molecule has 1 aliphatic heterocycles. The Hall–Kier alpha value is -2.21. The molecule has 152 valence electrons. The van der Waals surface area contributed by atoms with Crippen LogP contribution >= 0.6 is 11.6 Å². The van der Waals surface area contributed by atoms with Crippen molar-refractivity contribution in [3.63, 3.8) is 0 Å². The Morgan fingerprint density at radius 3 is 2.48 bits per heavy atom. The monoisotopic (exact) mass is 410 g/mol. The van der Waals surface area contributed by atoms with Crippen LogP contribution in [-0.2, 0) is 4.74 Å². The Morgan fingerprint density at radius 1 is 1.07 bits per heavy atom. The number of piperidine rings is 1. The van der Waals surface area contributed by atoms with Gasteiger partial charge in [0.05, 0.1) is 0 Å². The van der Waals surface area contributed by atoms with Gasteiger partial charge in [-0.25, -0.2) is 0 Å². The highest BCUT2D eigenvalue weighted by atomic mass is 35.5. The molecule has 0 unspecified atom stereocenters. The van der Waals surface area contributed by atoms with Crippen LogP contribution in [0.2, 0.25) is 5.02 Å². The molecule has 1 N–H and O–H groups in total. The van der Waals surface area contributed by atoms with E-state index in [1.165, 1.54) is 11.3 Å². The SMILES string of the molecule is COCCCN1CCC(c2[nH]nc(-c3ccc(Cl)cc3)c2-c2ccncc2)CC1. The molecule has 2 aromatic heterocycles. The second-order valence-electron chi connectivity index (χ2n) is 7.57. The first-order chi connectivity index (χ1) is 14.3. The molecule has 3 aromatic rings. The number of ether oxygens (including phenoxy) is 1. The lowest BCUT2D eigenvalue weighted by Gasteiger charge is -2.31. The van der Waals surface area contributed by atoms with Crippen molar-refractivity contribution in [3.05, 3.63) is 59.5 Å². The minimum Gasteiger partial charge on any atom is -0.385 e. The van der Waals surface area contributed by atoms with E-state index in [4.69, 9.17) is 21.4 Å². The van der Waals surface area contributed by atoms with Crippen LogP contribution < -0.4 is 0 Å². The van der Waals surface area contributed by atoms with Gasteiger partial charge in [-0.3, -0.25) is 10.1 Å². The van der Waals surface area contributed by atoms with Gasteiger partial charge in [-0.05, 0) is 62.2 Å². The van der Waals surface area contributed by atoms with E-state index < -0.39 is 0 Å². The Labute approximate surface area is 177 Å². The van der Waals surface area contributed by atoms with E-state index in [0.717, 1.165) is 67.3 Å². The first-order valence-electron chi connectivity index (χ1n) is 10.2. The number of H-pyrrole nitrogens is 1. The second kappa shape index (κ2) is 9.53. The number of rotatable bonds is 7. The number of halogens is 1. The molecule has 3 heterocycles. The molecule has 1 aromatic carbocycles. The maximum Gasteiger partial charge on any atom is 0.100 e. The van der Waals surface area contributed by atoms with Crippen LogP contribution in [0.3, 0.4) is 0 Å². The highest BCUT2D eigenvalue weighted by Crippen LogP contribution is 2.39. The van der Waals surface area contributed by atoms with Gasteiger partial charge in [-0.15, -0.1) is 0 Å². The zero-order valence-electron chi connectivity index (χ0n) is 16.8. The molecule has 0 atom stereocenters. The van der Waals surface area contributed by atoms with E-state index in [1.54, 1.807) is 7.11 Å². The number of aromatic nitrogens is 3. The predicted molar refractivity (Wildman–Crippen MR) is 117 cm³/mol. The third-order valence-electron chi connectivity index (χ3n) is 5.70. The minimum atomic E-state index is 0.477. The van der Waals surface area contributed by atoms with Crippen LogP contribution in [0.15, 0.2) is 48.8 Å². The fourth-order valence-corrected chi connectivity index (χ4v) is 4.28. The third kappa shape index (κ3) is 4.69. The molecule has 1 saturated heterocycles. The predicted octanol–water partition coefficient (Wildman–Crippen LogP) is 5.01. The summed E-state index contributed by atoms with van der Waals surface area (Å²) in [4.78, 5) is 6.73. The van der Waals surface area contributed by atoms with Gasteiger partial charge in [0.15, 0.2) is 0 Å². The Kier molecular flexibility index (Phi) is 6.60. The summed E-state index contributed by atoms with van der Waals surface area (Å²) in [7, 11) is 1.77. The van der Waals surface area contributed by atoms with Crippen molar-refractivity contribution in [3.8, 4) is 22.4 Å². The quantitative estimate of drug-likeness (QED) is 0.556. The molecule has 0 amide bonds. The molecule has 0 saturated carbocycles. The number of methoxy groups -OCH3 is 1. The van der Waals surface area contributed by atoms with Crippen LogP contribution in [0, 0.1) is 0 Å². The maximum atomic E-state index is 6.09. The second-order valence-corrected chi connectivity index (χ2v) is 8.00. The van der Waals surface area contributed by atoms with Crippen LogP contribution in [0.1, 0.15) is 30.9 Å². The van der Waals surface area contributed by atoms with Crippen molar-refractivity contribution in [1.82, 2.24) is 20.1 Å². The summed E-state index contributed by atoms with van der Waals surface area (Å²) in [5, 5.41) is 8.84. The molecule has 5 nitrogen and oxygen atoms in total. The van der Waals surface area contributed by atoms with Crippen molar-refractivity contribution >= 4 is 11.6 Å². The zero-order valence-corrected chi connectivity index (χ0v) is 17.5. The summed E-state index contributed by atoms with van der Waals surface area (Å²) >= 11 is 6.09. The third-order valence-corrected chi connectivity index (χ3v) is 5.95. The molecule has 1 aliphatic rings. The first kappa shape index (κ1) is 20.1. The highest BCUT2D eigenvalue weighted by molar-refractivity contribution is 6.30. The summed E-state index contributed by atoms with van der Waals surface area (Å²) in [5.41, 5.74) is 5.62. The minimum absolute atomic E-state index is 0.477. The number of hydrogen-bond donors (Lipinski definition) is 1. The summed E-state index contributed by atoms with van der Waals surface area (Å²) < 4.78 is 5.19. The molecular formula is C23H27ClN4O. The van der Waals surface area contributed by atoms with Crippen molar-refractivity contribution < 1.29 is 4.74 Å². The Morgan fingerprint density at radius 2 is 1.79 bits per heavy atom. The molecule has 29 heavy (non-hydrogen) atoms. The standard InChI is InChI=1S/C23H27ClN4O/c1-29-16-2-13-28-14-9-19(10-15-28)23-21(17-7-11-25-12-8-17)22(26-27-23)18-3-5-20(24)6-4-18/h3-8,11-12,19H,2,9-10,13-16H2,1H3,(H,26,27). The topological polar surface area (TPSA) is 54.0 Å². The highest BCUT2D eigenvalue weighted by Gasteiger charge is 2.27. The molecule has 1 fully saturated rings. The molecule has 4 rings (SSSR count). The lowest BCUT2D eigenvalue weighted by molar-refractivity contribution is 0.157. The fraction of sp³-hybridized carbons (Fsp3) is 0.391. The van der Waals surface area contributed by atoms with E-state index in [0.29, 0.717) is 5.92 Å². The molecule has 0 radical (unpaired) electrons. The number of nitrogens with one attached hydrogen (secondary N) is 1. The lowest BCUT2D eigenvalue weighted by Crippen LogP contribution is -2.34. The zero-order chi connectivity index (χ0) is 20.1. The number of nitrogens with zero attached hydrogens (tertiary/aromatic N) is 3. The van der Waals surface area contributed by atoms with E-state index in [1.807, 2.05) is 36.7 Å². The van der Waals surface area contributed by atoms with Gasteiger partial charge >= 0.3 is 0 Å². The average Bonchev–Trinajstić information content (AvgIpc) is 3.21. The fourth-order valence-electron chi connectivity index (χ4n) is 4.16. The number of benzene rings is 1. The van der Waals surface area contributed by atoms with E-state index in [2.05, 4.69) is 27.1 Å². The van der Waals surface area contributed by atoms with E-state index in [-0.39, 0.29) is 0 Å². The molecule has 0 aliphatic carbocycles. The normalized spacial score (nSPS) is 15.7. The molecular weight excluding hydrogens is 384 g/mol. The van der Waals surface area contributed by atoms with Crippen LogP contribution in [-0.4, -0.2) is 53.4 Å². The van der Waals surface area contributed by atoms with Gasteiger partial charge in [0, 0.05) is 60.4 Å². The van der Waals surface area contributed by atoms with Crippen molar-refractivity contribution in [1.29, 1.82) is 0 Å². The summed E-state index contributed by atoms with van der Waals surface area (Å²) in [6.45, 7) is 4.16. The summed E-state index contributed by atoms with van der Waals surface area (Å²) in [5.74, 6) is 0.477. The maximum absolute atomic E-state index is 6.09. The van der Waals surface area contributed by atoms with Gasteiger partial charge in [-0.2, -0.15) is 5.10 Å². The Balaban J connectivity index is 1.60. The van der Waals surface area contributed by atoms with E-state index in [9.17, 15) is 0 Å². The van der Waals surface area contributed by atoms with E-state index >= 15 is 0 Å². The van der Waals surface area contributed by atoms with Gasteiger partial charge in [-0.1, -0.05) is 23.7 Å². The summed E-state index contributed by atoms with van der Waals surface area (Å²) in [6, 6.07) is 12.0. The van der Waals surface area contributed by atoms with Crippen LogP contribution in [0.4, 0.5) is 0 Å². The Bertz CT molecular complexity index is 902. The van der Waals surface area contributed by atoms with Crippen LogP contribution in [0.25, 0.3) is 22.4 Å². The first-order valence-corrected chi connectivity index (χ1v) is 10.6. The molecule has 6 heteroatoms. The molecule has 0 bridgehead atoms. The van der Waals surface area contributed by atoms with Crippen LogP contribution in [0.5, 0.6) is 0 Å². The lowest BCUT2D eigenvalue weighted by atomic mass is 9.87. The largest absolute Gasteiger partial charge is 0.385 e. The number of hydrogen-bond acceptors (Lipinski definition) is 4. The van der Waals surface area contributed by atoms with Crippen molar-refractivity contribution in [2.45, 2.75) is 25.2 Å². The molecule has 0 spiro atoms. The summed E-state index contributed by atoms with van der Waals surface area (Å²) in [6.07, 6.45) is 7.04. The van der Waals surface area contributed by atoms with Crippen molar-refractivity contribution in [2.24, 2.45) is 0 Å². The van der Waals surface area contributed by atoms with Gasteiger partial charge in [0.1, 0.15) is 5.69 Å². The van der Waals surface area contributed by atoms with Gasteiger partial charge in [0.25, 0.3) is 0 Å². The number of aromatic amines is 1. The van der Waals surface area contributed by atoms with Gasteiger partial charge in [0.2, 0.25) is 0 Å². The van der Waals surface area contributed by atoms with Crippen molar-refractivity contribution in [2.75, 3.05) is 33.4 Å². The van der Waals surface area contributed by atoms with Gasteiger partial charge < -0.3 is 9.64 Å².